The Labute approximate surface area is 189 Å². The number of piperazine rings is 1. The number of halogens is 2. The standard InChI is InChI=1S/C22H28FN3O3.ClH.H2O/c1-16(17-9-10-20(21(15-17)28-4)29-22(27)24(2)3)25-11-13-26(14-12-25)19-8-6-5-7-18(19)23;;/h5-10,15-16H,11-14H2,1-4H3;1H;1H2. The van der Waals surface area contributed by atoms with Gasteiger partial charge in [-0.05, 0) is 36.8 Å². The second-order valence-electron chi connectivity index (χ2n) is 7.32. The van der Waals surface area contributed by atoms with Gasteiger partial charge >= 0.3 is 6.09 Å². The highest BCUT2D eigenvalue weighted by atomic mass is 35.5. The quantitative estimate of drug-likeness (QED) is 0.690. The van der Waals surface area contributed by atoms with Crippen molar-refractivity contribution in [2.24, 2.45) is 0 Å². The van der Waals surface area contributed by atoms with Crippen LogP contribution in [-0.2, 0) is 0 Å². The molecule has 2 N–H and O–H groups in total. The van der Waals surface area contributed by atoms with Crippen LogP contribution in [0.4, 0.5) is 14.9 Å². The average molecular weight is 456 g/mol. The van der Waals surface area contributed by atoms with E-state index in [9.17, 15) is 9.18 Å². The summed E-state index contributed by atoms with van der Waals surface area (Å²) in [7, 11) is 4.82. The smallest absolute Gasteiger partial charge is 0.414 e. The third kappa shape index (κ3) is 6.22. The molecule has 1 saturated heterocycles. The predicted octanol–water partition coefficient (Wildman–Crippen LogP) is 3.38. The molecule has 172 valence electrons. The van der Waals surface area contributed by atoms with E-state index in [1.54, 1.807) is 33.3 Å². The number of anilines is 1. The molecule has 0 bridgehead atoms. The fourth-order valence-corrected chi connectivity index (χ4v) is 3.48. The molecule has 2 aromatic rings. The molecule has 0 saturated carbocycles. The van der Waals surface area contributed by atoms with E-state index in [0.29, 0.717) is 17.2 Å². The Hall–Kier alpha value is -2.55. The van der Waals surface area contributed by atoms with E-state index >= 15 is 0 Å². The van der Waals surface area contributed by atoms with E-state index < -0.39 is 6.09 Å². The maximum Gasteiger partial charge on any atom is 0.414 e. The molecule has 3 rings (SSSR count). The van der Waals surface area contributed by atoms with Crippen LogP contribution in [-0.4, -0.2) is 68.8 Å². The van der Waals surface area contributed by atoms with Gasteiger partial charge < -0.3 is 24.7 Å². The van der Waals surface area contributed by atoms with Crippen molar-refractivity contribution in [3.63, 3.8) is 0 Å². The van der Waals surface area contributed by atoms with Crippen molar-refractivity contribution in [3.8, 4) is 11.5 Å². The molecule has 1 heterocycles. The lowest BCUT2D eigenvalue weighted by molar-refractivity contribution is 0.170. The first-order chi connectivity index (χ1) is 13.9. The Morgan fingerprint density at radius 1 is 1.06 bits per heavy atom. The molecule has 1 aliphatic rings. The number of hydrogen-bond acceptors (Lipinski definition) is 5. The Morgan fingerprint density at radius 2 is 1.71 bits per heavy atom. The average Bonchev–Trinajstić information content (AvgIpc) is 2.74. The minimum atomic E-state index is -0.451. The van der Waals surface area contributed by atoms with Crippen molar-refractivity contribution in [3.05, 3.63) is 53.8 Å². The van der Waals surface area contributed by atoms with Gasteiger partial charge in [-0.2, -0.15) is 0 Å². The molecule has 31 heavy (non-hydrogen) atoms. The highest BCUT2D eigenvalue weighted by Gasteiger charge is 2.24. The van der Waals surface area contributed by atoms with Crippen LogP contribution in [0, 0.1) is 5.82 Å². The van der Waals surface area contributed by atoms with Crippen LogP contribution in [0.25, 0.3) is 0 Å². The number of carbonyl (C=O) groups is 1. The van der Waals surface area contributed by atoms with E-state index in [2.05, 4.69) is 16.7 Å². The Kier molecular flexibility index (Phi) is 10.0. The molecule has 7 nitrogen and oxygen atoms in total. The zero-order valence-electron chi connectivity index (χ0n) is 18.3. The minimum absolute atomic E-state index is 0. The molecule has 1 amide bonds. The fourth-order valence-electron chi connectivity index (χ4n) is 3.48. The molecule has 1 atom stereocenters. The van der Waals surface area contributed by atoms with Crippen molar-refractivity contribution >= 4 is 24.2 Å². The summed E-state index contributed by atoms with van der Waals surface area (Å²) in [4.78, 5) is 17.6. The summed E-state index contributed by atoms with van der Waals surface area (Å²) >= 11 is 0. The predicted molar refractivity (Wildman–Crippen MR) is 122 cm³/mol. The van der Waals surface area contributed by atoms with Gasteiger partial charge in [0.25, 0.3) is 0 Å². The van der Waals surface area contributed by atoms with Crippen molar-refractivity contribution in [1.29, 1.82) is 0 Å². The molecule has 1 aliphatic heterocycles. The summed E-state index contributed by atoms with van der Waals surface area (Å²) in [5.41, 5.74) is 1.74. The first-order valence-corrected chi connectivity index (χ1v) is 9.71. The molecule has 9 heteroatoms. The number of nitrogens with zero attached hydrogens (tertiary/aromatic N) is 3. The molecule has 2 aromatic carbocycles. The minimum Gasteiger partial charge on any atom is -0.493 e. The van der Waals surface area contributed by atoms with Crippen molar-refractivity contribution in [2.75, 3.05) is 52.3 Å². The van der Waals surface area contributed by atoms with Crippen LogP contribution in [0.15, 0.2) is 42.5 Å². The number of amides is 1. The maximum atomic E-state index is 14.0. The number of benzene rings is 2. The van der Waals surface area contributed by atoms with Gasteiger partial charge in [0.15, 0.2) is 11.5 Å². The third-order valence-electron chi connectivity index (χ3n) is 5.29. The molecule has 1 unspecified atom stereocenters. The van der Waals surface area contributed by atoms with E-state index in [1.165, 1.54) is 11.0 Å². The number of ether oxygens (including phenoxy) is 2. The lowest BCUT2D eigenvalue weighted by Crippen LogP contribution is -2.47. The second kappa shape index (κ2) is 11.7. The van der Waals surface area contributed by atoms with Gasteiger partial charge in [0.05, 0.1) is 12.8 Å². The van der Waals surface area contributed by atoms with Gasteiger partial charge in [-0.1, -0.05) is 18.2 Å². The number of methoxy groups -OCH3 is 1. The Balaban J connectivity index is 0.00000240. The SMILES string of the molecule is COc1cc(C(C)N2CCN(c3ccccc3F)CC2)ccc1OC(=O)N(C)C.Cl.O. The van der Waals surface area contributed by atoms with Gasteiger partial charge in [0.2, 0.25) is 0 Å². The number of hydrogen-bond donors (Lipinski definition) is 0. The summed E-state index contributed by atoms with van der Waals surface area (Å²) in [6.07, 6.45) is -0.451. The zero-order chi connectivity index (χ0) is 21.0. The zero-order valence-corrected chi connectivity index (χ0v) is 19.1. The molecule has 0 aliphatic carbocycles. The van der Waals surface area contributed by atoms with E-state index in [0.717, 1.165) is 31.7 Å². The van der Waals surface area contributed by atoms with Crippen molar-refractivity contribution in [1.82, 2.24) is 9.80 Å². The number of rotatable bonds is 5. The lowest BCUT2D eigenvalue weighted by Gasteiger charge is -2.39. The Bertz CT molecular complexity index is 860. The molecule has 1 fully saturated rings. The van der Waals surface area contributed by atoms with Crippen LogP contribution >= 0.6 is 12.4 Å². The summed E-state index contributed by atoms with van der Waals surface area (Å²) in [6.45, 7) is 5.32. The maximum absolute atomic E-state index is 14.0. The number of carbonyl (C=O) groups excluding carboxylic acids is 1. The van der Waals surface area contributed by atoms with E-state index in [4.69, 9.17) is 9.47 Å². The largest absolute Gasteiger partial charge is 0.493 e. The van der Waals surface area contributed by atoms with Crippen LogP contribution in [0.1, 0.15) is 18.5 Å². The van der Waals surface area contributed by atoms with Gasteiger partial charge in [0, 0.05) is 46.3 Å². The van der Waals surface area contributed by atoms with Gasteiger partial charge in [-0.15, -0.1) is 12.4 Å². The van der Waals surface area contributed by atoms with E-state index in [1.807, 2.05) is 24.3 Å². The van der Waals surface area contributed by atoms with Crippen molar-refractivity contribution in [2.45, 2.75) is 13.0 Å². The van der Waals surface area contributed by atoms with Crippen molar-refractivity contribution < 1.29 is 24.1 Å². The summed E-state index contributed by atoms with van der Waals surface area (Å²) < 4.78 is 24.8. The molecular formula is C22H31ClFN3O4. The van der Waals surface area contributed by atoms with Gasteiger partial charge in [0.1, 0.15) is 5.82 Å². The summed E-state index contributed by atoms with van der Waals surface area (Å²) in [6, 6.07) is 12.7. The molecule has 0 aromatic heterocycles. The Morgan fingerprint density at radius 3 is 2.29 bits per heavy atom. The fraction of sp³-hybridized carbons (Fsp3) is 0.409. The highest BCUT2D eigenvalue weighted by molar-refractivity contribution is 5.85. The number of para-hydroxylation sites is 1. The molecular weight excluding hydrogens is 425 g/mol. The van der Waals surface area contributed by atoms with Crippen LogP contribution in [0.3, 0.4) is 0 Å². The monoisotopic (exact) mass is 455 g/mol. The van der Waals surface area contributed by atoms with Gasteiger partial charge in [-0.3, -0.25) is 4.90 Å². The second-order valence-corrected chi connectivity index (χ2v) is 7.32. The normalized spacial score (nSPS) is 14.7. The highest BCUT2D eigenvalue weighted by Crippen LogP contribution is 2.33. The van der Waals surface area contributed by atoms with Crippen LogP contribution < -0.4 is 14.4 Å². The van der Waals surface area contributed by atoms with E-state index in [-0.39, 0.29) is 29.7 Å². The van der Waals surface area contributed by atoms with Gasteiger partial charge in [-0.25, -0.2) is 9.18 Å². The first-order valence-electron chi connectivity index (χ1n) is 9.71. The summed E-state index contributed by atoms with van der Waals surface area (Å²) in [5.74, 6) is 0.739. The van der Waals surface area contributed by atoms with Crippen LogP contribution in [0.2, 0.25) is 0 Å². The molecule has 0 spiro atoms. The first kappa shape index (κ1) is 26.5. The third-order valence-corrected chi connectivity index (χ3v) is 5.29. The molecule has 0 radical (unpaired) electrons. The summed E-state index contributed by atoms with van der Waals surface area (Å²) in [5, 5.41) is 0. The van der Waals surface area contributed by atoms with Crippen LogP contribution in [0.5, 0.6) is 11.5 Å². The topological polar surface area (TPSA) is 76.8 Å². The lowest BCUT2D eigenvalue weighted by atomic mass is 10.0.